The van der Waals surface area contributed by atoms with Crippen molar-refractivity contribution in [3.05, 3.63) is 64.7 Å². The van der Waals surface area contributed by atoms with Crippen LogP contribution in [0.5, 0.6) is 0 Å². The van der Waals surface area contributed by atoms with Crippen molar-refractivity contribution < 1.29 is 19.1 Å². The van der Waals surface area contributed by atoms with Crippen LogP contribution in [0.25, 0.3) is 0 Å². The Bertz CT molecular complexity index is 861. The van der Waals surface area contributed by atoms with Gasteiger partial charge in [0.1, 0.15) is 0 Å². The fourth-order valence-corrected chi connectivity index (χ4v) is 2.65. The molecule has 0 aliphatic rings. The molecule has 0 radical (unpaired) electrons. The van der Waals surface area contributed by atoms with Gasteiger partial charge in [-0.1, -0.05) is 12.1 Å². The lowest BCUT2D eigenvalue weighted by Gasteiger charge is -2.22. The van der Waals surface area contributed by atoms with Gasteiger partial charge >= 0.3 is 5.97 Å². The molecule has 1 N–H and O–H groups in total. The maximum Gasteiger partial charge on any atom is 0.337 e. The van der Waals surface area contributed by atoms with Gasteiger partial charge in [0.05, 0.1) is 12.7 Å². The Labute approximate surface area is 159 Å². The SMILES string of the molecule is COC(=O)c1cccc(N(CCNC(=O)c2ccc(C)c(C)c2)C(C)=O)c1. The van der Waals surface area contributed by atoms with Crippen LogP contribution in [0.3, 0.4) is 0 Å². The summed E-state index contributed by atoms with van der Waals surface area (Å²) in [6.45, 7) is 5.96. The van der Waals surface area contributed by atoms with Gasteiger partial charge in [-0.3, -0.25) is 9.59 Å². The lowest BCUT2D eigenvalue weighted by atomic mass is 10.1. The number of esters is 1. The van der Waals surface area contributed by atoms with Crippen LogP contribution in [0.1, 0.15) is 38.8 Å². The van der Waals surface area contributed by atoms with Crippen molar-refractivity contribution >= 4 is 23.5 Å². The van der Waals surface area contributed by atoms with E-state index in [4.69, 9.17) is 4.74 Å². The summed E-state index contributed by atoms with van der Waals surface area (Å²) in [6, 6.07) is 12.2. The van der Waals surface area contributed by atoms with Crippen LogP contribution in [-0.2, 0) is 9.53 Å². The number of ether oxygens (including phenoxy) is 1. The van der Waals surface area contributed by atoms with E-state index in [9.17, 15) is 14.4 Å². The maximum absolute atomic E-state index is 12.3. The van der Waals surface area contributed by atoms with Crippen LogP contribution in [0.2, 0.25) is 0 Å². The van der Waals surface area contributed by atoms with E-state index in [0.29, 0.717) is 16.8 Å². The maximum atomic E-state index is 12.3. The molecule has 0 fully saturated rings. The summed E-state index contributed by atoms with van der Waals surface area (Å²) in [7, 11) is 1.31. The van der Waals surface area contributed by atoms with Gasteiger partial charge in [-0.25, -0.2) is 4.79 Å². The van der Waals surface area contributed by atoms with Crippen LogP contribution in [0.4, 0.5) is 5.69 Å². The van der Waals surface area contributed by atoms with Crippen LogP contribution in [0, 0.1) is 13.8 Å². The van der Waals surface area contributed by atoms with Crippen molar-refractivity contribution in [1.29, 1.82) is 0 Å². The topological polar surface area (TPSA) is 75.7 Å². The second-order valence-corrected chi connectivity index (χ2v) is 6.27. The smallest absolute Gasteiger partial charge is 0.337 e. The molecule has 2 amide bonds. The summed E-state index contributed by atoms with van der Waals surface area (Å²) in [6.07, 6.45) is 0. The monoisotopic (exact) mass is 368 g/mol. The molecule has 6 heteroatoms. The number of hydrogen-bond acceptors (Lipinski definition) is 4. The number of rotatable bonds is 6. The molecular formula is C21H24N2O4. The van der Waals surface area contributed by atoms with E-state index in [1.165, 1.54) is 18.9 Å². The van der Waals surface area contributed by atoms with Crippen molar-refractivity contribution in [2.45, 2.75) is 20.8 Å². The molecule has 142 valence electrons. The Kier molecular flexibility index (Phi) is 6.71. The Morgan fingerprint density at radius 3 is 2.37 bits per heavy atom. The van der Waals surface area contributed by atoms with Crippen molar-refractivity contribution in [1.82, 2.24) is 5.32 Å². The molecular weight excluding hydrogens is 344 g/mol. The Morgan fingerprint density at radius 1 is 1.00 bits per heavy atom. The number of hydrogen-bond donors (Lipinski definition) is 1. The highest BCUT2D eigenvalue weighted by Gasteiger charge is 2.15. The Hall–Kier alpha value is -3.15. The predicted octanol–water partition coefficient (Wildman–Crippen LogP) is 2.87. The summed E-state index contributed by atoms with van der Waals surface area (Å²) in [4.78, 5) is 37.5. The minimum absolute atomic E-state index is 0.183. The average Bonchev–Trinajstić information content (AvgIpc) is 2.66. The van der Waals surface area contributed by atoms with Crippen LogP contribution >= 0.6 is 0 Å². The third-order valence-electron chi connectivity index (χ3n) is 4.35. The number of aryl methyl sites for hydroxylation is 2. The molecule has 2 rings (SSSR count). The Balaban J connectivity index is 2.04. The number of benzene rings is 2. The normalized spacial score (nSPS) is 10.2. The quantitative estimate of drug-likeness (QED) is 0.796. The van der Waals surface area contributed by atoms with Crippen LogP contribution in [-0.4, -0.2) is 38.0 Å². The van der Waals surface area contributed by atoms with Gasteiger partial charge in [0.25, 0.3) is 5.91 Å². The van der Waals surface area contributed by atoms with Gasteiger partial charge in [-0.05, 0) is 55.3 Å². The number of carbonyl (C=O) groups excluding carboxylic acids is 3. The summed E-state index contributed by atoms with van der Waals surface area (Å²) < 4.78 is 4.71. The highest BCUT2D eigenvalue weighted by Crippen LogP contribution is 2.17. The minimum Gasteiger partial charge on any atom is -0.465 e. The fourth-order valence-electron chi connectivity index (χ4n) is 2.65. The van der Waals surface area contributed by atoms with Crippen LogP contribution in [0.15, 0.2) is 42.5 Å². The van der Waals surface area contributed by atoms with E-state index in [1.54, 1.807) is 30.3 Å². The summed E-state index contributed by atoms with van der Waals surface area (Å²) in [5.41, 5.74) is 3.69. The van der Waals surface area contributed by atoms with Gasteiger partial charge in [0.15, 0.2) is 0 Å². The molecule has 0 bridgehead atoms. The van der Waals surface area contributed by atoms with Gasteiger partial charge in [0, 0.05) is 31.3 Å². The first-order valence-electron chi connectivity index (χ1n) is 8.65. The molecule has 0 aromatic heterocycles. The van der Waals surface area contributed by atoms with Crippen molar-refractivity contribution in [3.63, 3.8) is 0 Å². The van der Waals surface area contributed by atoms with Crippen molar-refractivity contribution in [2.75, 3.05) is 25.1 Å². The van der Waals surface area contributed by atoms with E-state index >= 15 is 0 Å². The third kappa shape index (κ3) is 5.17. The summed E-state index contributed by atoms with van der Waals surface area (Å²) >= 11 is 0. The van der Waals surface area contributed by atoms with Crippen molar-refractivity contribution in [3.8, 4) is 0 Å². The second kappa shape index (κ2) is 8.98. The zero-order valence-corrected chi connectivity index (χ0v) is 16.0. The first kappa shape index (κ1) is 20.2. The Morgan fingerprint density at radius 2 is 1.74 bits per heavy atom. The van der Waals surface area contributed by atoms with Crippen LogP contribution < -0.4 is 10.2 Å². The molecule has 0 aliphatic carbocycles. The molecule has 6 nitrogen and oxygen atoms in total. The number of methoxy groups -OCH3 is 1. The first-order chi connectivity index (χ1) is 12.8. The molecule has 0 saturated carbocycles. The zero-order chi connectivity index (χ0) is 20.0. The molecule has 0 heterocycles. The molecule has 27 heavy (non-hydrogen) atoms. The largest absolute Gasteiger partial charge is 0.465 e. The van der Waals surface area contributed by atoms with E-state index < -0.39 is 5.97 Å². The van der Waals surface area contributed by atoms with Gasteiger partial charge in [0.2, 0.25) is 5.91 Å². The molecule has 0 aliphatic heterocycles. The number of carbonyl (C=O) groups is 3. The number of nitrogens with one attached hydrogen (secondary N) is 1. The standard InChI is InChI=1S/C21H24N2O4/c1-14-8-9-17(12-15(14)2)20(25)22-10-11-23(16(3)24)19-7-5-6-18(13-19)21(26)27-4/h5-9,12-13H,10-11H2,1-4H3,(H,22,25). The van der Waals surface area contributed by atoms with E-state index in [1.807, 2.05) is 26.0 Å². The lowest BCUT2D eigenvalue weighted by molar-refractivity contribution is -0.116. The molecule has 0 atom stereocenters. The molecule has 2 aromatic rings. The first-order valence-corrected chi connectivity index (χ1v) is 8.65. The molecule has 0 unspecified atom stereocenters. The zero-order valence-electron chi connectivity index (χ0n) is 16.0. The van der Waals surface area contributed by atoms with Gasteiger partial charge < -0.3 is 15.0 Å². The van der Waals surface area contributed by atoms with Crippen molar-refractivity contribution in [2.24, 2.45) is 0 Å². The van der Waals surface area contributed by atoms with E-state index in [-0.39, 0.29) is 24.9 Å². The number of nitrogens with zero attached hydrogens (tertiary/aromatic N) is 1. The fraction of sp³-hybridized carbons (Fsp3) is 0.286. The van der Waals surface area contributed by atoms with E-state index in [2.05, 4.69) is 5.32 Å². The molecule has 2 aromatic carbocycles. The number of amides is 2. The number of anilines is 1. The van der Waals surface area contributed by atoms with E-state index in [0.717, 1.165) is 11.1 Å². The second-order valence-electron chi connectivity index (χ2n) is 6.27. The van der Waals surface area contributed by atoms with Gasteiger partial charge in [-0.2, -0.15) is 0 Å². The predicted molar refractivity (Wildman–Crippen MR) is 104 cm³/mol. The minimum atomic E-state index is -0.469. The highest BCUT2D eigenvalue weighted by molar-refractivity contribution is 5.96. The highest BCUT2D eigenvalue weighted by atomic mass is 16.5. The third-order valence-corrected chi connectivity index (χ3v) is 4.35. The molecule has 0 saturated heterocycles. The average molecular weight is 368 g/mol. The lowest BCUT2D eigenvalue weighted by Crippen LogP contribution is -2.37. The summed E-state index contributed by atoms with van der Waals surface area (Å²) in [5, 5.41) is 2.82. The molecule has 0 spiro atoms. The summed E-state index contributed by atoms with van der Waals surface area (Å²) in [5.74, 6) is -0.842. The van der Waals surface area contributed by atoms with Gasteiger partial charge in [-0.15, -0.1) is 0 Å².